The highest BCUT2D eigenvalue weighted by atomic mass is 79.9. The SMILES string of the molecule is O=S(=O)(c1ccc(NCc2ccc(-c3ccc(Br)cc3)o2)nc1)N1CCOCC1. The molecule has 1 N–H and O–H groups in total. The highest BCUT2D eigenvalue weighted by Crippen LogP contribution is 2.24. The molecule has 1 saturated heterocycles. The number of anilines is 1. The van der Waals surface area contributed by atoms with E-state index in [0.29, 0.717) is 38.7 Å². The molecule has 4 rings (SSSR count). The van der Waals surface area contributed by atoms with Crippen LogP contribution in [0, 0.1) is 0 Å². The predicted molar refractivity (Wildman–Crippen MR) is 113 cm³/mol. The number of sulfonamides is 1. The van der Waals surface area contributed by atoms with Crippen LogP contribution in [0.2, 0.25) is 0 Å². The van der Waals surface area contributed by atoms with Crippen molar-refractivity contribution in [3.8, 4) is 11.3 Å². The summed E-state index contributed by atoms with van der Waals surface area (Å²) in [6.45, 7) is 2.00. The summed E-state index contributed by atoms with van der Waals surface area (Å²) in [5.41, 5.74) is 0.996. The molecule has 152 valence electrons. The van der Waals surface area contributed by atoms with Crippen molar-refractivity contribution in [1.29, 1.82) is 0 Å². The Bertz CT molecular complexity index is 1060. The number of aromatic nitrogens is 1. The zero-order valence-electron chi connectivity index (χ0n) is 15.5. The van der Waals surface area contributed by atoms with E-state index in [1.54, 1.807) is 12.1 Å². The molecular weight excluding hydrogens is 458 g/mol. The summed E-state index contributed by atoms with van der Waals surface area (Å²) in [4.78, 5) is 4.42. The van der Waals surface area contributed by atoms with Crippen molar-refractivity contribution >= 4 is 31.8 Å². The largest absolute Gasteiger partial charge is 0.459 e. The van der Waals surface area contributed by atoms with Gasteiger partial charge in [0.1, 0.15) is 22.2 Å². The fourth-order valence-corrected chi connectivity index (χ4v) is 4.61. The second kappa shape index (κ2) is 8.66. The fourth-order valence-electron chi connectivity index (χ4n) is 2.99. The standard InChI is InChI=1S/C20H20BrN3O4S/c21-16-3-1-15(2-4-16)19-7-5-17(28-19)13-22-20-8-6-18(14-23-20)29(25,26)24-9-11-27-12-10-24/h1-8,14H,9-13H2,(H,22,23). The van der Waals surface area contributed by atoms with Gasteiger partial charge in [-0.1, -0.05) is 28.1 Å². The number of ether oxygens (including phenoxy) is 1. The van der Waals surface area contributed by atoms with Gasteiger partial charge in [0.2, 0.25) is 10.0 Å². The number of hydrogen-bond acceptors (Lipinski definition) is 6. The minimum Gasteiger partial charge on any atom is -0.459 e. The van der Waals surface area contributed by atoms with Crippen molar-refractivity contribution in [2.45, 2.75) is 11.4 Å². The molecule has 29 heavy (non-hydrogen) atoms. The average molecular weight is 478 g/mol. The summed E-state index contributed by atoms with van der Waals surface area (Å²) >= 11 is 3.42. The quantitative estimate of drug-likeness (QED) is 0.581. The molecule has 0 bridgehead atoms. The number of morpholine rings is 1. The second-order valence-electron chi connectivity index (χ2n) is 6.52. The highest BCUT2D eigenvalue weighted by molar-refractivity contribution is 9.10. The van der Waals surface area contributed by atoms with Crippen LogP contribution < -0.4 is 5.32 Å². The van der Waals surface area contributed by atoms with E-state index in [9.17, 15) is 8.42 Å². The van der Waals surface area contributed by atoms with Crippen LogP contribution in [-0.2, 0) is 21.3 Å². The van der Waals surface area contributed by atoms with Gasteiger partial charge in [0.05, 0.1) is 19.8 Å². The van der Waals surface area contributed by atoms with Gasteiger partial charge in [0.15, 0.2) is 0 Å². The molecule has 0 amide bonds. The first-order valence-electron chi connectivity index (χ1n) is 9.15. The lowest BCUT2D eigenvalue weighted by Gasteiger charge is -2.25. The summed E-state index contributed by atoms with van der Waals surface area (Å²) in [5, 5.41) is 3.15. The van der Waals surface area contributed by atoms with Crippen LogP contribution in [0.1, 0.15) is 5.76 Å². The van der Waals surface area contributed by atoms with Gasteiger partial charge >= 0.3 is 0 Å². The Morgan fingerprint density at radius 3 is 2.48 bits per heavy atom. The number of pyridine rings is 1. The van der Waals surface area contributed by atoms with Crippen LogP contribution in [0.25, 0.3) is 11.3 Å². The summed E-state index contributed by atoms with van der Waals surface area (Å²) in [6.07, 6.45) is 1.38. The summed E-state index contributed by atoms with van der Waals surface area (Å²) in [6, 6.07) is 14.9. The van der Waals surface area contributed by atoms with Crippen molar-refractivity contribution in [2.75, 3.05) is 31.6 Å². The number of rotatable bonds is 6. The van der Waals surface area contributed by atoms with Crippen molar-refractivity contribution in [1.82, 2.24) is 9.29 Å². The Hall–Kier alpha value is -2.20. The van der Waals surface area contributed by atoms with Crippen LogP contribution in [0.5, 0.6) is 0 Å². The summed E-state index contributed by atoms with van der Waals surface area (Å²) in [5.74, 6) is 2.12. The molecule has 1 aromatic carbocycles. The molecule has 1 fully saturated rings. The number of hydrogen-bond donors (Lipinski definition) is 1. The molecule has 0 saturated carbocycles. The predicted octanol–water partition coefficient (Wildman–Crippen LogP) is 3.74. The van der Waals surface area contributed by atoms with Crippen molar-refractivity contribution in [3.63, 3.8) is 0 Å². The molecule has 3 heterocycles. The Morgan fingerprint density at radius 1 is 1.03 bits per heavy atom. The van der Waals surface area contributed by atoms with E-state index >= 15 is 0 Å². The van der Waals surface area contributed by atoms with Gasteiger partial charge in [-0.3, -0.25) is 0 Å². The number of nitrogens with zero attached hydrogens (tertiary/aromatic N) is 2. The summed E-state index contributed by atoms with van der Waals surface area (Å²) in [7, 11) is -3.54. The average Bonchev–Trinajstić information content (AvgIpc) is 3.23. The van der Waals surface area contributed by atoms with Gasteiger partial charge in [0.25, 0.3) is 0 Å². The zero-order chi connectivity index (χ0) is 20.3. The van der Waals surface area contributed by atoms with E-state index in [2.05, 4.69) is 26.2 Å². The lowest BCUT2D eigenvalue weighted by atomic mass is 10.2. The first-order valence-corrected chi connectivity index (χ1v) is 11.4. The number of furan rings is 1. The van der Waals surface area contributed by atoms with Gasteiger partial charge in [-0.05, 0) is 36.4 Å². The molecular formula is C20H20BrN3O4S. The zero-order valence-corrected chi connectivity index (χ0v) is 17.9. The van der Waals surface area contributed by atoms with Gasteiger partial charge in [-0.2, -0.15) is 4.31 Å². The third-order valence-corrected chi connectivity index (χ3v) is 6.99. The second-order valence-corrected chi connectivity index (χ2v) is 9.38. The fraction of sp³-hybridized carbons (Fsp3) is 0.250. The van der Waals surface area contributed by atoms with E-state index in [1.165, 1.54) is 10.5 Å². The maximum absolute atomic E-state index is 12.6. The van der Waals surface area contributed by atoms with E-state index in [0.717, 1.165) is 21.6 Å². The molecule has 1 aliphatic rings. The molecule has 0 atom stereocenters. The minimum atomic E-state index is -3.54. The van der Waals surface area contributed by atoms with Crippen LogP contribution in [0.4, 0.5) is 5.82 Å². The smallest absolute Gasteiger partial charge is 0.244 e. The van der Waals surface area contributed by atoms with Gasteiger partial charge in [0, 0.05) is 29.3 Å². The van der Waals surface area contributed by atoms with Crippen LogP contribution in [0.3, 0.4) is 0 Å². The number of nitrogens with one attached hydrogen (secondary N) is 1. The third-order valence-electron chi connectivity index (χ3n) is 4.58. The van der Waals surface area contributed by atoms with E-state index in [1.807, 2.05) is 36.4 Å². The normalized spacial score (nSPS) is 15.3. The van der Waals surface area contributed by atoms with Crippen LogP contribution >= 0.6 is 15.9 Å². The van der Waals surface area contributed by atoms with E-state index < -0.39 is 10.0 Å². The van der Waals surface area contributed by atoms with Crippen molar-refractivity contribution in [2.24, 2.45) is 0 Å². The molecule has 1 aliphatic heterocycles. The molecule has 0 unspecified atom stereocenters. The first kappa shape index (κ1) is 20.1. The Labute approximate surface area is 177 Å². The molecule has 9 heteroatoms. The van der Waals surface area contributed by atoms with E-state index in [-0.39, 0.29) is 4.90 Å². The number of benzene rings is 1. The summed E-state index contributed by atoms with van der Waals surface area (Å²) < 4.78 is 38.8. The molecule has 0 spiro atoms. The van der Waals surface area contributed by atoms with Gasteiger partial charge in [-0.25, -0.2) is 13.4 Å². The lowest BCUT2D eigenvalue weighted by Crippen LogP contribution is -2.40. The van der Waals surface area contributed by atoms with Crippen molar-refractivity contribution < 1.29 is 17.6 Å². The van der Waals surface area contributed by atoms with Gasteiger partial charge in [-0.15, -0.1) is 0 Å². The Morgan fingerprint density at radius 2 is 1.79 bits per heavy atom. The van der Waals surface area contributed by atoms with E-state index in [4.69, 9.17) is 9.15 Å². The number of halogens is 1. The molecule has 0 aliphatic carbocycles. The molecule has 2 aromatic heterocycles. The topological polar surface area (TPSA) is 84.7 Å². The maximum atomic E-state index is 12.6. The van der Waals surface area contributed by atoms with Gasteiger partial charge < -0.3 is 14.5 Å². The van der Waals surface area contributed by atoms with Crippen LogP contribution in [0.15, 0.2) is 68.5 Å². The van der Waals surface area contributed by atoms with Crippen molar-refractivity contribution in [3.05, 3.63) is 65.0 Å². The molecule has 3 aromatic rings. The monoisotopic (exact) mass is 477 g/mol. The maximum Gasteiger partial charge on any atom is 0.244 e. The highest BCUT2D eigenvalue weighted by Gasteiger charge is 2.26. The minimum absolute atomic E-state index is 0.181. The van der Waals surface area contributed by atoms with Crippen LogP contribution in [-0.4, -0.2) is 44.0 Å². The third kappa shape index (κ3) is 4.69. The first-order chi connectivity index (χ1) is 14.0. The Balaban J connectivity index is 1.39. The molecule has 7 nitrogen and oxygen atoms in total. The lowest BCUT2D eigenvalue weighted by molar-refractivity contribution is 0.0730. The molecule has 0 radical (unpaired) electrons. The Kier molecular flexibility index (Phi) is 6.00.